The van der Waals surface area contributed by atoms with Crippen molar-refractivity contribution in [2.45, 2.75) is 19.9 Å². The van der Waals surface area contributed by atoms with E-state index >= 15 is 0 Å². The molecule has 19 heavy (non-hydrogen) atoms. The maximum Gasteiger partial charge on any atom is 0.241 e. The average Bonchev–Trinajstić information content (AvgIpc) is 2.43. The van der Waals surface area contributed by atoms with Crippen molar-refractivity contribution in [3.8, 4) is 0 Å². The van der Waals surface area contributed by atoms with Crippen molar-refractivity contribution in [1.82, 2.24) is 4.90 Å². The van der Waals surface area contributed by atoms with Gasteiger partial charge in [0.05, 0.1) is 19.3 Å². The van der Waals surface area contributed by atoms with Gasteiger partial charge >= 0.3 is 0 Å². The van der Waals surface area contributed by atoms with E-state index in [0.717, 1.165) is 24.3 Å². The van der Waals surface area contributed by atoms with E-state index in [4.69, 9.17) is 10.5 Å². The fraction of sp³-hybridized carbons (Fsp3) is 0.500. The van der Waals surface area contributed by atoms with Crippen LogP contribution in [0, 0.1) is 6.92 Å². The van der Waals surface area contributed by atoms with Crippen LogP contribution in [0.1, 0.15) is 12.5 Å². The molecule has 1 unspecified atom stereocenters. The lowest BCUT2D eigenvalue weighted by atomic mass is 10.1. The van der Waals surface area contributed by atoms with Gasteiger partial charge in [0.25, 0.3) is 0 Å². The largest absolute Gasteiger partial charge is 0.399 e. The van der Waals surface area contributed by atoms with Gasteiger partial charge in [-0.25, -0.2) is 0 Å². The predicted molar refractivity (Wildman–Crippen MR) is 76.1 cm³/mol. The third kappa shape index (κ3) is 3.45. The highest BCUT2D eigenvalue weighted by atomic mass is 16.5. The second-order valence-corrected chi connectivity index (χ2v) is 4.89. The fourth-order valence-corrected chi connectivity index (χ4v) is 2.14. The second-order valence-electron chi connectivity index (χ2n) is 4.89. The third-order valence-electron chi connectivity index (χ3n) is 3.49. The number of nitrogen functional groups attached to an aromatic ring is 1. The van der Waals surface area contributed by atoms with E-state index < -0.39 is 0 Å². The minimum absolute atomic E-state index is 0.00407. The Hall–Kier alpha value is -1.59. The van der Waals surface area contributed by atoms with Gasteiger partial charge in [-0.1, -0.05) is 6.07 Å². The van der Waals surface area contributed by atoms with Crippen molar-refractivity contribution in [1.29, 1.82) is 0 Å². The summed E-state index contributed by atoms with van der Waals surface area (Å²) in [6, 6.07) is 5.37. The minimum Gasteiger partial charge on any atom is -0.399 e. The zero-order chi connectivity index (χ0) is 13.8. The normalized spacial score (nSPS) is 18.0. The molecule has 2 rings (SSSR count). The Morgan fingerprint density at radius 3 is 2.79 bits per heavy atom. The van der Waals surface area contributed by atoms with E-state index in [1.807, 2.05) is 26.0 Å². The topological polar surface area (TPSA) is 67.6 Å². The Kier molecular flexibility index (Phi) is 4.39. The van der Waals surface area contributed by atoms with Crippen LogP contribution in [0.25, 0.3) is 0 Å². The van der Waals surface area contributed by atoms with Crippen LogP contribution in [0.15, 0.2) is 18.2 Å². The second kappa shape index (κ2) is 6.04. The highest BCUT2D eigenvalue weighted by Crippen LogP contribution is 2.19. The van der Waals surface area contributed by atoms with Crippen molar-refractivity contribution < 1.29 is 9.53 Å². The first kappa shape index (κ1) is 13.8. The lowest BCUT2D eigenvalue weighted by molar-refractivity contribution is -0.122. The number of benzene rings is 1. The molecule has 5 nitrogen and oxygen atoms in total. The molecule has 1 aromatic carbocycles. The van der Waals surface area contributed by atoms with Crippen molar-refractivity contribution >= 4 is 17.3 Å². The van der Waals surface area contributed by atoms with E-state index in [1.165, 1.54) is 0 Å². The molecule has 1 saturated heterocycles. The number of rotatable bonds is 3. The lowest BCUT2D eigenvalue weighted by Gasteiger charge is -2.31. The average molecular weight is 263 g/mol. The Balaban J connectivity index is 2.01. The molecule has 1 fully saturated rings. The Morgan fingerprint density at radius 2 is 2.11 bits per heavy atom. The highest BCUT2D eigenvalue weighted by Gasteiger charge is 2.23. The maximum atomic E-state index is 12.2. The first-order valence-corrected chi connectivity index (χ1v) is 6.56. The molecular formula is C14H21N3O2. The van der Waals surface area contributed by atoms with Crippen molar-refractivity contribution in [3.63, 3.8) is 0 Å². The van der Waals surface area contributed by atoms with Crippen molar-refractivity contribution in [2.75, 3.05) is 37.4 Å². The van der Waals surface area contributed by atoms with Crippen LogP contribution in [-0.4, -0.2) is 43.2 Å². The Labute approximate surface area is 113 Å². The van der Waals surface area contributed by atoms with Gasteiger partial charge in [0.2, 0.25) is 5.91 Å². The number of anilines is 2. The molecular weight excluding hydrogens is 242 g/mol. The third-order valence-corrected chi connectivity index (χ3v) is 3.49. The number of hydrogen-bond acceptors (Lipinski definition) is 4. The summed E-state index contributed by atoms with van der Waals surface area (Å²) in [4.78, 5) is 14.4. The maximum absolute atomic E-state index is 12.2. The number of carbonyl (C=O) groups excluding carboxylic acids is 1. The fourth-order valence-electron chi connectivity index (χ4n) is 2.14. The SMILES string of the molecule is Cc1ccc(N)cc1NC(=O)C(C)N1CCOCC1. The van der Waals surface area contributed by atoms with Crippen LogP contribution in [-0.2, 0) is 9.53 Å². The van der Waals surface area contributed by atoms with E-state index in [1.54, 1.807) is 6.07 Å². The van der Waals surface area contributed by atoms with Crippen LogP contribution >= 0.6 is 0 Å². The summed E-state index contributed by atoms with van der Waals surface area (Å²) in [5.74, 6) is -0.00407. The number of nitrogens with zero attached hydrogens (tertiary/aromatic N) is 1. The molecule has 0 bridgehead atoms. The molecule has 0 radical (unpaired) electrons. The van der Waals surface area contributed by atoms with Crippen molar-refractivity contribution in [2.24, 2.45) is 0 Å². The zero-order valence-corrected chi connectivity index (χ0v) is 11.5. The summed E-state index contributed by atoms with van der Waals surface area (Å²) < 4.78 is 5.29. The number of hydrogen-bond donors (Lipinski definition) is 2. The molecule has 1 aromatic rings. The van der Waals surface area contributed by atoms with Gasteiger partial charge < -0.3 is 15.8 Å². The number of carbonyl (C=O) groups is 1. The molecule has 0 spiro atoms. The van der Waals surface area contributed by atoms with E-state index in [2.05, 4.69) is 10.2 Å². The van der Waals surface area contributed by atoms with Gasteiger partial charge in [-0.05, 0) is 31.5 Å². The summed E-state index contributed by atoms with van der Waals surface area (Å²) in [6.07, 6.45) is 0. The van der Waals surface area contributed by atoms with Gasteiger partial charge in [-0.2, -0.15) is 0 Å². The van der Waals surface area contributed by atoms with E-state index in [9.17, 15) is 4.79 Å². The number of nitrogens with one attached hydrogen (secondary N) is 1. The van der Waals surface area contributed by atoms with Crippen LogP contribution < -0.4 is 11.1 Å². The Morgan fingerprint density at radius 1 is 1.42 bits per heavy atom. The van der Waals surface area contributed by atoms with Crippen LogP contribution in [0.2, 0.25) is 0 Å². The molecule has 3 N–H and O–H groups in total. The molecule has 1 amide bonds. The van der Waals surface area contributed by atoms with E-state index in [0.29, 0.717) is 18.9 Å². The summed E-state index contributed by atoms with van der Waals surface area (Å²) in [7, 11) is 0. The van der Waals surface area contributed by atoms with Crippen LogP contribution in [0.3, 0.4) is 0 Å². The predicted octanol–water partition coefficient (Wildman–Crippen LogP) is 1.24. The molecule has 0 aliphatic carbocycles. The zero-order valence-electron chi connectivity index (χ0n) is 11.5. The quantitative estimate of drug-likeness (QED) is 0.805. The Bertz CT molecular complexity index is 456. The standard InChI is InChI=1S/C14H21N3O2/c1-10-3-4-12(15)9-13(10)16-14(18)11(2)17-5-7-19-8-6-17/h3-4,9,11H,5-8,15H2,1-2H3,(H,16,18). The summed E-state index contributed by atoms with van der Waals surface area (Å²) >= 11 is 0. The van der Waals surface area contributed by atoms with Crippen molar-refractivity contribution in [3.05, 3.63) is 23.8 Å². The number of ether oxygens (including phenoxy) is 1. The first-order chi connectivity index (χ1) is 9.08. The molecule has 5 heteroatoms. The van der Waals surface area contributed by atoms with Gasteiger partial charge in [-0.15, -0.1) is 0 Å². The molecule has 1 heterocycles. The minimum atomic E-state index is -0.162. The van der Waals surface area contributed by atoms with Gasteiger partial charge in [0, 0.05) is 24.5 Å². The van der Waals surface area contributed by atoms with E-state index in [-0.39, 0.29) is 11.9 Å². The van der Waals surface area contributed by atoms with Gasteiger partial charge in [0.15, 0.2) is 0 Å². The van der Waals surface area contributed by atoms with Crippen LogP contribution in [0.4, 0.5) is 11.4 Å². The number of amides is 1. The molecule has 1 aliphatic rings. The molecule has 104 valence electrons. The smallest absolute Gasteiger partial charge is 0.241 e. The number of aryl methyl sites for hydroxylation is 1. The summed E-state index contributed by atoms with van der Waals surface area (Å²) in [5.41, 5.74) is 8.19. The summed E-state index contributed by atoms with van der Waals surface area (Å²) in [6.45, 7) is 6.84. The molecule has 0 aromatic heterocycles. The highest BCUT2D eigenvalue weighted by molar-refractivity contribution is 5.95. The monoisotopic (exact) mass is 263 g/mol. The van der Waals surface area contributed by atoms with Gasteiger partial charge in [-0.3, -0.25) is 9.69 Å². The molecule has 1 atom stereocenters. The number of morpholine rings is 1. The lowest BCUT2D eigenvalue weighted by Crippen LogP contribution is -2.47. The summed E-state index contributed by atoms with van der Waals surface area (Å²) in [5, 5.41) is 2.95. The van der Waals surface area contributed by atoms with Crippen LogP contribution in [0.5, 0.6) is 0 Å². The number of nitrogens with two attached hydrogens (primary N) is 1. The van der Waals surface area contributed by atoms with Gasteiger partial charge in [0.1, 0.15) is 0 Å². The molecule has 1 aliphatic heterocycles. The first-order valence-electron chi connectivity index (χ1n) is 6.56. The molecule has 0 saturated carbocycles.